The Bertz CT molecular complexity index is 490. The van der Waals surface area contributed by atoms with Crippen molar-refractivity contribution in [3.05, 3.63) is 36.3 Å². The van der Waals surface area contributed by atoms with E-state index in [1.165, 1.54) is 0 Å². The van der Waals surface area contributed by atoms with Crippen LogP contribution in [0.25, 0.3) is 5.65 Å². The molecule has 0 aliphatic rings. The molecule has 14 heavy (non-hydrogen) atoms. The lowest BCUT2D eigenvalue weighted by Gasteiger charge is -1.95. The van der Waals surface area contributed by atoms with Gasteiger partial charge in [-0.15, -0.1) is 11.6 Å². The van der Waals surface area contributed by atoms with Gasteiger partial charge in [0.15, 0.2) is 0 Å². The molecule has 70 valence electrons. The molecule has 0 saturated heterocycles. The summed E-state index contributed by atoms with van der Waals surface area (Å²) in [5, 5.41) is 0. The number of alkyl halides is 1. The first-order chi connectivity index (χ1) is 6.92. The van der Waals surface area contributed by atoms with E-state index in [-0.39, 0.29) is 0 Å². The molecule has 2 aromatic rings. The number of hydrogen-bond acceptors (Lipinski definition) is 1. The van der Waals surface area contributed by atoms with E-state index >= 15 is 0 Å². The summed E-state index contributed by atoms with van der Waals surface area (Å²) in [6.07, 6.45) is 4.38. The zero-order valence-corrected chi connectivity index (χ0v) is 8.33. The average Bonchev–Trinajstić information content (AvgIpc) is 2.67. The number of nitrogens with zero attached hydrogens (tertiary/aromatic N) is 2. The molecule has 0 aromatic carbocycles. The minimum absolute atomic E-state index is 0.576. The van der Waals surface area contributed by atoms with Crippen LogP contribution in [-0.4, -0.2) is 15.3 Å². The van der Waals surface area contributed by atoms with Crippen LogP contribution < -0.4 is 0 Å². The first kappa shape index (κ1) is 9.11. The standard InChI is InChI=1S/C11H9ClN2/c12-7-2-1-4-10-5-3-6-11-13-8-9-14(10)11/h3,5-6,8-9H,2,7H2. The Balaban J connectivity index is 2.43. The molecular formula is C11H9ClN2. The lowest BCUT2D eigenvalue weighted by Crippen LogP contribution is -1.89. The molecule has 2 rings (SSSR count). The molecule has 0 unspecified atom stereocenters. The maximum absolute atomic E-state index is 5.54. The van der Waals surface area contributed by atoms with E-state index in [1.54, 1.807) is 6.20 Å². The van der Waals surface area contributed by atoms with Crippen molar-refractivity contribution in [2.45, 2.75) is 6.42 Å². The molecule has 0 N–H and O–H groups in total. The first-order valence-corrected chi connectivity index (χ1v) is 4.92. The zero-order chi connectivity index (χ0) is 9.80. The minimum Gasteiger partial charge on any atom is -0.293 e. The van der Waals surface area contributed by atoms with Crippen LogP contribution in [0.2, 0.25) is 0 Å². The number of rotatable bonds is 1. The number of hydrogen-bond donors (Lipinski definition) is 0. The third-order valence-corrected chi connectivity index (χ3v) is 2.05. The maximum atomic E-state index is 5.54. The molecule has 2 nitrogen and oxygen atoms in total. The summed E-state index contributed by atoms with van der Waals surface area (Å²) < 4.78 is 1.96. The highest BCUT2D eigenvalue weighted by atomic mass is 35.5. The van der Waals surface area contributed by atoms with E-state index in [0.717, 1.165) is 11.3 Å². The van der Waals surface area contributed by atoms with E-state index in [0.29, 0.717) is 12.3 Å². The molecule has 0 aliphatic carbocycles. The van der Waals surface area contributed by atoms with E-state index in [2.05, 4.69) is 16.8 Å². The summed E-state index contributed by atoms with van der Waals surface area (Å²) in [7, 11) is 0. The molecule has 0 aliphatic heterocycles. The van der Waals surface area contributed by atoms with Crippen molar-refractivity contribution in [1.29, 1.82) is 0 Å². The molecule has 0 bridgehead atoms. The van der Waals surface area contributed by atoms with Gasteiger partial charge in [0.25, 0.3) is 0 Å². The van der Waals surface area contributed by atoms with Crippen molar-refractivity contribution in [2.24, 2.45) is 0 Å². The predicted octanol–water partition coefficient (Wildman–Crippen LogP) is 2.31. The molecule has 0 amide bonds. The van der Waals surface area contributed by atoms with Gasteiger partial charge in [-0.3, -0.25) is 4.40 Å². The zero-order valence-electron chi connectivity index (χ0n) is 7.57. The Labute approximate surface area is 87.5 Å². The Morgan fingerprint density at radius 2 is 2.36 bits per heavy atom. The normalized spacial score (nSPS) is 9.79. The number of halogens is 1. The molecule has 0 saturated carbocycles. The summed E-state index contributed by atoms with van der Waals surface area (Å²) >= 11 is 5.54. The molecule has 3 heteroatoms. The van der Waals surface area contributed by atoms with Gasteiger partial charge >= 0.3 is 0 Å². The fraction of sp³-hybridized carbons (Fsp3) is 0.182. The predicted molar refractivity (Wildman–Crippen MR) is 57.4 cm³/mol. The van der Waals surface area contributed by atoms with E-state index in [1.807, 2.05) is 28.8 Å². The van der Waals surface area contributed by atoms with Gasteiger partial charge in [-0.2, -0.15) is 0 Å². The van der Waals surface area contributed by atoms with Crippen LogP contribution in [0.3, 0.4) is 0 Å². The summed E-state index contributed by atoms with van der Waals surface area (Å²) in [6.45, 7) is 0. The monoisotopic (exact) mass is 204 g/mol. The highest BCUT2D eigenvalue weighted by molar-refractivity contribution is 6.18. The SMILES string of the molecule is ClCCC#Cc1cccc2nccn12. The van der Waals surface area contributed by atoms with Crippen LogP contribution >= 0.6 is 11.6 Å². The van der Waals surface area contributed by atoms with Gasteiger partial charge in [-0.1, -0.05) is 12.0 Å². The number of aromatic nitrogens is 2. The summed E-state index contributed by atoms with van der Waals surface area (Å²) in [4.78, 5) is 4.18. The molecule has 0 spiro atoms. The molecule has 2 heterocycles. The number of imidazole rings is 1. The number of pyridine rings is 1. The molecule has 0 atom stereocenters. The van der Waals surface area contributed by atoms with Gasteiger partial charge in [0.05, 0.1) is 5.69 Å². The average molecular weight is 205 g/mol. The van der Waals surface area contributed by atoms with Gasteiger partial charge in [0.1, 0.15) is 5.65 Å². The van der Waals surface area contributed by atoms with E-state index < -0.39 is 0 Å². The Morgan fingerprint density at radius 3 is 3.21 bits per heavy atom. The molecule has 0 radical (unpaired) electrons. The highest BCUT2D eigenvalue weighted by Crippen LogP contribution is 2.04. The molecule has 0 fully saturated rings. The Kier molecular flexibility index (Phi) is 2.71. The fourth-order valence-electron chi connectivity index (χ4n) is 1.25. The van der Waals surface area contributed by atoms with Crippen molar-refractivity contribution < 1.29 is 0 Å². The van der Waals surface area contributed by atoms with Crippen LogP contribution in [0.1, 0.15) is 12.1 Å². The summed E-state index contributed by atoms with van der Waals surface area (Å²) in [5.74, 6) is 6.64. The summed E-state index contributed by atoms with van der Waals surface area (Å²) in [5.41, 5.74) is 1.87. The smallest absolute Gasteiger partial charge is 0.137 e. The van der Waals surface area contributed by atoms with Gasteiger partial charge in [0, 0.05) is 24.7 Å². The van der Waals surface area contributed by atoms with Crippen LogP contribution in [-0.2, 0) is 0 Å². The second kappa shape index (κ2) is 4.17. The molecule has 2 aromatic heterocycles. The van der Waals surface area contributed by atoms with Gasteiger partial charge in [-0.25, -0.2) is 4.98 Å². The summed E-state index contributed by atoms with van der Waals surface area (Å²) in [6, 6.07) is 5.87. The highest BCUT2D eigenvalue weighted by Gasteiger charge is 1.95. The molecular weight excluding hydrogens is 196 g/mol. The lowest BCUT2D eigenvalue weighted by molar-refractivity contribution is 1.15. The minimum atomic E-state index is 0.576. The van der Waals surface area contributed by atoms with Crippen LogP contribution in [0, 0.1) is 11.8 Å². The third kappa shape index (κ3) is 1.73. The van der Waals surface area contributed by atoms with Crippen molar-refractivity contribution in [3.63, 3.8) is 0 Å². The largest absolute Gasteiger partial charge is 0.293 e. The lowest BCUT2D eigenvalue weighted by atomic mass is 10.3. The topological polar surface area (TPSA) is 17.3 Å². The van der Waals surface area contributed by atoms with Crippen LogP contribution in [0.15, 0.2) is 30.6 Å². The van der Waals surface area contributed by atoms with E-state index in [4.69, 9.17) is 11.6 Å². The Morgan fingerprint density at radius 1 is 1.43 bits per heavy atom. The van der Waals surface area contributed by atoms with E-state index in [9.17, 15) is 0 Å². The van der Waals surface area contributed by atoms with Crippen molar-refractivity contribution in [3.8, 4) is 11.8 Å². The first-order valence-electron chi connectivity index (χ1n) is 4.39. The second-order valence-corrected chi connectivity index (χ2v) is 3.19. The van der Waals surface area contributed by atoms with Crippen molar-refractivity contribution >= 4 is 17.2 Å². The van der Waals surface area contributed by atoms with Gasteiger partial charge in [0.2, 0.25) is 0 Å². The Hall–Kier alpha value is -1.46. The van der Waals surface area contributed by atoms with Gasteiger partial charge < -0.3 is 0 Å². The second-order valence-electron chi connectivity index (χ2n) is 2.81. The fourth-order valence-corrected chi connectivity index (χ4v) is 1.34. The van der Waals surface area contributed by atoms with Crippen LogP contribution in [0.5, 0.6) is 0 Å². The maximum Gasteiger partial charge on any atom is 0.137 e. The van der Waals surface area contributed by atoms with Crippen molar-refractivity contribution in [1.82, 2.24) is 9.38 Å². The van der Waals surface area contributed by atoms with Gasteiger partial charge in [-0.05, 0) is 18.1 Å². The number of fused-ring (bicyclic) bond motifs is 1. The quantitative estimate of drug-likeness (QED) is 0.515. The van der Waals surface area contributed by atoms with Crippen molar-refractivity contribution in [2.75, 3.05) is 5.88 Å². The third-order valence-electron chi connectivity index (χ3n) is 1.86. The van der Waals surface area contributed by atoms with Crippen LogP contribution in [0.4, 0.5) is 0 Å².